The number of carboxylic acid groups (broad SMARTS) is 1. The molecule has 0 aromatic heterocycles. The van der Waals surface area contributed by atoms with Crippen LogP contribution in [-0.2, 0) is 9.59 Å². The van der Waals surface area contributed by atoms with Crippen molar-refractivity contribution in [2.24, 2.45) is 11.8 Å². The highest BCUT2D eigenvalue weighted by Crippen LogP contribution is 2.11. The Morgan fingerprint density at radius 2 is 1.69 bits per heavy atom. The first kappa shape index (κ1) is 22.4. The Labute approximate surface area is 169 Å². The van der Waals surface area contributed by atoms with Crippen LogP contribution in [0.1, 0.15) is 40.5 Å². The molecule has 1 aromatic carbocycles. The van der Waals surface area contributed by atoms with E-state index in [1.54, 1.807) is 25.1 Å². The van der Waals surface area contributed by atoms with Crippen molar-refractivity contribution in [2.75, 3.05) is 32.7 Å². The Balaban J connectivity index is 1.83. The second kappa shape index (κ2) is 11.2. The maximum atomic E-state index is 12.4. The number of nitrogens with one attached hydrogen (secondary N) is 4. The molecule has 1 aromatic rings. The Kier molecular flexibility index (Phi) is 8.60. The zero-order chi connectivity index (χ0) is 21.2. The van der Waals surface area contributed by atoms with Gasteiger partial charge in [0.25, 0.3) is 11.8 Å². The monoisotopic (exact) mass is 404 g/mol. The smallest absolute Gasteiger partial charge is 0.322 e. The number of benzene rings is 1. The topological polar surface area (TPSA) is 137 Å². The molecule has 1 aliphatic heterocycles. The molecule has 1 heterocycles. The molecule has 5 N–H and O–H groups in total. The van der Waals surface area contributed by atoms with Gasteiger partial charge in [-0.1, -0.05) is 13.0 Å². The third-order valence-corrected chi connectivity index (χ3v) is 4.83. The summed E-state index contributed by atoms with van der Waals surface area (Å²) in [5.41, 5.74) is 0.719. The minimum absolute atomic E-state index is 0.0520. The summed E-state index contributed by atoms with van der Waals surface area (Å²) < 4.78 is 0. The van der Waals surface area contributed by atoms with Crippen molar-refractivity contribution in [1.82, 2.24) is 21.3 Å². The van der Waals surface area contributed by atoms with Gasteiger partial charge in [-0.15, -0.1) is 0 Å². The van der Waals surface area contributed by atoms with Crippen molar-refractivity contribution in [3.05, 3.63) is 35.4 Å². The highest BCUT2D eigenvalue weighted by atomic mass is 16.4. The van der Waals surface area contributed by atoms with Crippen LogP contribution < -0.4 is 21.3 Å². The van der Waals surface area contributed by atoms with E-state index in [0.29, 0.717) is 23.6 Å². The van der Waals surface area contributed by atoms with E-state index in [2.05, 4.69) is 21.3 Å². The first-order valence-electron chi connectivity index (χ1n) is 9.73. The van der Waals surface area contributed by atoms with E-state index in [4.69, 9.17) is 5.11 Å². The fourth-order valence-electron chi connectivity index (χ4n) is 3.00. The van der Waals surface area contributed by atoms with Crippen molar-refractivity contribution in [1.29, 1.82) is 0 Å². The van der Waals surface area contributed by atoms with E-state index in [9.17, 15) is 19.2 Å². The van der Waals surface area contributed by atoms with E-state index < -0.39 is 30.2 Å². The van der Waals surface area contributed by atoms with Crippen LogP contribution >= 0.6 is 0 Å². The number of hydrogen-bond donors (Lipinski definition) is 5. The maximum absolute atomic E-state index is 12.4. The molecule has 29 heavy (non-hydrogen) atoms. The van der Waals surface area contributed by atoms with E-state index >= 15 is 0 Å². The molecule has 9 heteroatoms. The Morgan fingerprint density at radius 1 is 1.07 bits per heavy atom. The molecule has 1 saturated heterocycles. The van der Waals surface area contributed by atoms with Crippen LogP contribution in [-0.4, -0.2) is 61.5 Å². The maximum Gasteiger partial charge on any atom is 0.322 e. The van der Waals surface area contributed by atoms with Crippen LogP contribution in [0.15, 0.2) is 24.3 Å². The minimum atomic E-state index is -1.13. The summed E-state index contributed by atoms with van der Waals surface area (Å²) in [6, 6.07) is 6.39. The minimum Gasteiger partial charge on any atom is -0.480 e. The largest absolute Gasteiger partial charge is 0.480 e. The first-order chi connectivity index (χ1) is 13.9. The number of rotatable bonds is 9. The Bertz CT molecular complexity index is 746. The van der Waals surface area contributed by atoms with Crippen molar-refractivity contribution >= 4 is 23.7 Å². The second-order valence-electron chi connectivity index (χ2n) is 7.21. The summed E-state index contributed by atoms with van der Waals surface area (Å²) in [6.07, 6.45) is 2.06. The lowest BCUT2D eigenvalue weighted by Gasteiger charge is -2.22. The molecule has 0 spiro atoms. The van der Waals surface area contributed by atoms with Crippen LogP contribution in [0.25, 0.3) is 0 Å². The zero-order valence-electron chi connectivity index (χ0n) is 16.5. The Morgan fingerprint density at radius 3 is 2.31 bits per heavy atom. The third-order valence-electron chi connectivity index (χ3n) is 4.83. The van der Waals surface area contributed by atoms with Crippen LogP contribution in [0.4, 0.5) is 0 Å². The normalized spacial score (nSPS) is 15.2. The van der Waals surface area contributed by atoms with Gasteiger partial charge in [0.1, 0.15) is 6.54 Å². The molecule has 0 radical (unpaired) electrons. The average molecular weight is 404 g/mol. The van der Waals surface area contributed by atoms with Gasteiger partial charge in [-0.25, -0.2) is 0 Å². The molecule has 3 amide bonds. The fraction of sp³-hybridized carbons (Fsp3) is 0.500. The first-order valence-corrected chi connectivity index (χ1v) is 9.73. The van der Waals surface area contributed by atoms with Gasteiger partial charge in [0.05, 0.1) is 5.92 Å². The molecule has 0 aliphatic carbocycles. The van der Waals surface area contributed by atoms with Gasteiger partial charge in [0.2, 0.25) is 5.91 Å². The van der Waals surface area contributed by atoms with E-state index in [1.807, 2.05) is 0 Å². The predicted molar refractivity (Wildman–Crippen MR) is 107 cm³/mol. The molecule has 1 atom stereocenters. The number of carbonyl (C=O) groups excluding carboxylic acids is 3. The lowest BCUT2D eigenvalue weighted by atomic mass is 9.98. The lowest BCUT2D eigenvalue weighted by molar-refractivity contribution is -0.138. The SMILES string of the molecule is C[C@@H](CNC(=O)c1cccc(C(=O)NCC2CCNCC2)c1)C(=O)NCC(=O)O. The summed E-state index contributed by atoms with van der Waals surface area (Å²) in [4.78, 5) is 47.0. The van der Waals surface area contributed by atoms with Crippen LogP contribution in [0.5, 0.6) is 0 Å². The van der Waals surface area contributed by atoms with Gasteiger partial charge in [0, 0.05) is 24.2 Å². The highest BCUT2D eigenvalue weighted by Gasteiger charge is 2.17. The van der Waals surface area contributed by atoms with Crippen LogP contribution in [0.2, 0.25) is 0 Å². The molecule has 158 valence electrons. The number of carboxylic acids is 1. The fourth-order valence-corrected chi connectivity index (χ4v) is 3.00. The summed E-state index contributed by atoms with van der Waals surface area (Å²) in [6.45, 7) is 3.70. The quantitative estimate of drug-likeness (QED) is 0.392. The molecule has 9 nitrogen and oxygen atoms in total. The highest BCUT2D eigenvalue weighted by molar-refractivity contribution is 5.99. The summed E-state index contributed by atoms with van der Waals surface area (Å²) in [5.74, 6) is -2.35. The van der Waals surface area contributed by atoms with Gasteiger partial charge in [-0.3, -0.25) is 19.2 Å². The van der Waals surface area contributed by atoms with E-state index in [1.165, 1.54) is 6.07 Å². The number of aliphatic carboxylic acids is 1. The number of hydrogen-bond acceptors (Lipinski definition) is 5. The van der Waals surface area contributed by atoms with Gasteiger partial charge in [0.15, 0.2) is 0 Å². The molecule has 0 bridgehead atoms. The number of carbonyl (C=O) groups is 4. The van der Waals surface area contributed by atoms with Crippen molar-refractivity contribution in [2.45, 2.75) is 19.8 Å². The van der Waals surface area contributed by atoms with E-state index in [0.717, 1.165) is 25.9 Å². The zero-order valence-corrected chi connectivity index (χ0v) is 16.5. The van der Waals surface area contributed by atoms with Gasteiger partial charge in [-0.2, -0.15) is 0 Å². The van der Waals surface area contributed by atoms with Gasteiger partial charge in [-0.05, 0) is 50.0 Å². The predicted octanol–water partition coefficient (Wildman–Crippen LogP) is -0.0173. The number of amides is 3. The van der Waals surface area contributed by atoms with Crippen LogP contribution in [0, 0.1) is 11.8 Å². The molecule has 2 rings (SSSR count). The standard InChI is InChI=1S/C20H28N4O5/c1-13(18(27)24-12-17(25)26)10-22-19(28)15-3-2-4-16(9-15)20(29)23-11-14-5-7-21-8-6-14/h2-4,9,13-14,21H,5-8,10-12H2,1H3,(H,22,28)(H,23,29)(H,24,27)(H,25,26)/t13-/m0/s1. The molecule has 1 aliphatic rings. The lowest BCUT2D eigenvalue weighted by Crippen LogP contribution is -2.39. The third kappa shape index (κ3) is 7.53. The van der Waals surface area contributed by atoms with Gasteiger partial charge < -0.3 is 26.4 Å². The summed E-state index contributed by atoms with van der Waals surface area (Å²) in [7, 11) is 0. The molecule has 0 saturated carbocycles. The number of piperidine rings is 1. The summed E-state index contributed by atoms with van der Waals surface area (Å²) in [5, 5.41) is 19.7. The average Bonchev–Trinajstić information content (AvgIpc) is 2.74. The summed E-state index contributed by atoms with van der Waals surface area (Å²) >= 11 is 0. The molecular weight excluding hydrogens is 376 g/mol. The molecule has 0 unspecified atom stereocenters. The van der Waals surface area contributed by atoms with E-state index in [-0.39, 0.29) is 12.5 Å². The van der Waals surface area contributed by atoms with Crippen LogP contribution in [0.3, 0.4) is 0 Å². The van der Waals surface area contributed by atoms with Gasteiger partial charge >= 0.3 is 5.97 Å². The Hall–Kier alpha value is -2.94. The molecular formula is C20H28N4O5. The van der Waals surface area contributed by atoms with Crippen molar-refractivity contribution in [3.63, 3.8) is 0 Å². The van der Waals surface area contributed by atoms with Crippen molar-refractivity contribution < 1.29 is 24.3 Å². The van der Waals surface area contributed by atoms with Crippen molar-refractivity contribution in [3.8, 4) is 0 Å². The molecule has 1 fully saturated rings. The second-order valence-corrected chi connectivity index (χ2v) is 7.21.